The smallest absolute Gasteiger partial charge is 0.218 e. The van der Waals surface area contributed by atoms with E-state index >= 15 is 0 Å². The van der Waals surface area contributed by atoms with Gasteiger partial charge in [0.2, 0.25) is 5.88 Å². The van der Waals surface area contributed by atoms with E-state index in [0.29, 0.717) is 18.3 Å². The van der Waals surface area contributed by atoms with Gasteiger partial charge in [-0.15, -0.1) is 0 Å². The average molecular weight is 298 g/mol. The number of methoxy groups -OCH3 is 1. The van der Waals surface area contributed by atoms with Crippen molar-refractivity contribution >= 4 is 5.82 Å². The minimum atomic E-state index is 0.461. The number of nitrogens with zero attached hydrogens (tertiary/aromatic N) is 3. The van der Waals surface area contributed by atoms with Gasteiger partial charge in [-0.25, -0.2) is 4.98 Å². The summed E-state index contributed by atoms with van der Waals surface area (Å²) in [5, 5.41) is 3.34. The molecular formula is C17H22N4O. The number of hydrogen-bond donors (Lipinski definition) is 1. The van der Waals surface area contributed by atoms with E-state index in [2.05, 4.69) is 15.3 Å². The second kappa shape index (κ2) is 7.20. The quantitative estimate of drug-likeness (QED) is 0.915. The van der Waals surface area contributed by atoms with Crippen LogP contribution in [0.1, 0.15) is 49.4 Å². The van der Waals surface area contributed by atoms with Gasteiger partial charge in [-0.1, -0.05) is 25.3 Å². The van der Waals surface area contributed by atoms with E-state index in [-0.39, 0.29) is 0 Å². The van der Waals surface area contributed by atoms with E-state index in [9.17, 15) is 0 Å². The summed E-state index contributed by atoms with van der Waals surface area (Å²) < 4.78 is 5.33. The lowest BCUT2D eigenvalue weighted by Crippen LogP contribution is -2.11. The van der Waals surface area contributed by atoms with E-state index in [1.807, 2.05) is 24.4 Å². The van der Waals surface area contributed by atoms with Gasteiger partial charge in [0, 0.05) is 30.9 Å². The molecule has 0 spiro atoms. The molecule has 3 rings (SSSR count). The summed E-state index contributed by atoms with van der Waals surface area (Å²) in [6, 6.07) is 5.83. The minimum absolute atomic E-state index is 0.461. The van der Waals surface area contributed by atoms with Gasteiger partial charge in [0.05, 0.1) is 7.11 Å². The second-order valence-electron chi connectivity index (χ2n) is 5.70. The number of nitrogens with one attached hydrogen (secondary N) is 1. The second-order valence-corrected chi connectivity index (χ2v) is 5.70. The molecule has 2 heterocycles. The van der Waals surface area contributed by atoms with Crippen molar-refractivity contribution in [3.8, 4) is 5.88 Å². The number of anilines is 1. The first-order chi connectivity index (χ1) is 10.8. The topological polar surface area (TPSA) is 59.9 Å². The van der Waals surface area contributed by atoms with Crippen LogP contribution in [0, 0.1) is 0 Å². The number of aromatic nitrogens is 3. The maximum Gasteiger partial charge on any atom is 0.218 e. The van der Waals surface area contributed by atoms with Crippen LogP contribution in [-0.2, 0) is 6.54 Å². The SMILES string of the molecule is COc1cc(NCc2cccnc2)nc(C2CCCCC2)n1. The van der Waals surface area contributed by atoms with Gasteiger partial charge in [0.15, 0.2) is 0 Å². The molecule has 116 valence electrons. The van der Waals surface area contributed by atoms with Crippen molar-refractivity contribution in [2.24, 2.45) is 0 Å². The molecule has 5 heteroatoms. The van der Waals surface area contributed by atoms with E-state index in [1.165, 1.54) is 32.1 Å². The first kappa shape index (κ1) is 14.8. The summed E-state index contributed by atoms with van der Waals surface area (Å²) in [7, 11) is 1.65. The molecule has 0 bridgehead atoms. The van der Waals surface area contributed by atoms with Crippen molar-refractivity contribution in [1.82, 2.24) is 15.0 Å². The van der Waals surface area contributed by atoms with Crippen molar-refractivity contribution in [3.63, 3.8) is 0 Å². The largest absolute Gasteiger partial charge is 0.481 e. The molecule has 0 aromatic carbocycles. The molecule has 1 aliphatic carbocycles. The summed E-state index contributed by atoms with van der Waals surface area (Å²) in [5.41, 5.74) is 1.12. The molecule has 0 amide bonds. The molecule has 0 atom stereocenters. The lowest BCUT2D eigenvalue weighted by atomic mass is 9.89. The van der Waals surface area contributed by atoms with Crippen molar-refractivity contribution in [2.75, 3.05) is 12.4 Å². The van der Waals surface area contributed by atoms with E-state index in [4.69, 9.17) is 9.72 Å². The van der Waals surface area contributed by atoms with Crippen LogP contribution in [-0.4, -0.2) is 22.1 Å². The molecule has 1 N–H and O–H groups in total. The normalized spacial score (nSPS) is 15.5. The first-order valence-electron chi connectivity index (χ1n) is 7.91. The first-order valence-corrected chi connectivity index (χ1v) is 7.91. The zero-order chi connectivity index (χ0) is 15.2. The van der Waals surface area contributed by atoms with Crippen LogP contribution in [0.5, 0.6) is 5.88 Å². The summed E-state index contributed by atoms with van der Waals surface area (Å²) >= 11 is 0. The van der Waals surface area contributed by atoms with Gasteiger partial charge in [0.25, 0.3) is 0 Å². The number of ether oxygens (including phenoxy) is 1. The molecule has 2 aromatic heterocycles. The highest BCUT2D eigenvalue weighted by atomic mass is 16.5. The molecule has 5 nitrogen and oxygen atoms in total. The van der Waals surface area contributed by atoms with Crippen molar-refractivity contribution in [3.05, 3.63) is 42.0 Å². The zero-order valence-electron chi connectivity index (χ0n) is 13.0. The van der Waals surface area contributed by atoms with Crippen LogP contribution >= 0.6 is 0 Å². The molecule has 0 unspecified atom stereocenters. The average Bonchev–Trinajstić information content (AvgIpc) is 2.61. The van der Waals surface area contributed by atoms with Gasteiger partial charge in [-0.2, -0.15) is 4.98 Å². The third-order valence-corrected chi connectivity index (χ3v) is 4.10. The van der Waals surface area contributed by atoms with Gasteiger partial charge < -0.3 is 10.1 Å². The summed E-state index contributed by atoms with van der Waals surface area (Å²) in [5.74, 6) is 2.82. The number of pyridine rings is 1. The van der Waals surface area contributed by atoms with E-state index in [1.54, 1.807) is 13.3 Å². The van der Waals surface area contributed by atoms with Crippen LogP contribution in [0.4, 0.5) is 5.82 Å². The molecule has 1 saturated carbocycles. The van der Waals surface area contributed by atoms with Crippen molar-refractivity contribution in [2.45, 2.75) is 44.6 Å². The van der Waals surface area contributed by atoms with Crippen LogP contribution in [0.3, 0.4) is 0 Å². The highest BCUT2D eigenvalue weighted by Crippen LogP contribution is 2.32. The predicted octanol–water partition coefficient (Wildman–Crippen LogP) is 3.54. The van der Waals surface area contributed by atoms with Crippen LogP contribution in [0.2, 0.25) is 0 Å². The molecule has 0 aliphatic heterocycles. The predicted molar refractivity (Wildman–Crippen MR) is 86.0 cm³/mol. The molecule has 1 aliphatic rings. The Labute approximate surface area is 131 Å². The van der Waals surface area contributed by atoms with Gasteiger partial charge in [-0.05, 0) is 24.5 Å². The third-order valence-electron chi connectivity index (χ3n) is 4.10. The standard InChI is InChI=1S/C17H22N4O/c1-22-16-10-15(19-12-13-6-5-9-18-11-13)20-17(21-16)14-7-3-2-4-8-14/h5-6,9-11,14H,2-4,7-8,12H2,1H3,(H,19,20,21). The molecule has 0 radical (unpaired) electrons. The molecular weight excluding hydrogens is 276 g/mol. The molecule has 2 aromatic rings. The Bertz CT molecular complexity index is 597. The lowest BCUT2D eigenvalue weighted by Gasteiger charge is -2.21. The van der Waals surface area contributed by atoms with Crippen LogP contribution in [0.15, 0.2) is 30.6 Å². The lowest BCUT2D eigenvalue weighted by molar-refractivity contribution is 0.383. The number of hydrogen-bond acceptors (Lipinski definition) is 5. The van der Waals surface area contributed by atoms with Gasteiger partial charge in [-0.3, -0.25) is 4.98 Å². The third kappa shape index (κ3) is 3.72. The highest BCUT2D eigenvalue weighted by Gasteiger charge is 2.19. The Morgan fingerprint density at radius 1 is 1.23 bits per heavy atom. The Morgan fingerprint density at radius 2 is 2.09 bits per heavy atom. The molecule has 0 saturated heterocycles. The van der Waals surface area contributed by atoms with E-state index < -0.39 is 0 Å². The monoisotopic (exact) mass is 298 g/mol. The van der Waals surface area contributed by atoms with Gasteiger partial charge >= 0.3 is 0 Å². The Morgan fingerprint density at radius 3 is 2.82 bits per heavy atom. The minimum Gasteiger partial charge on any atom is -0.481 e. The number of rotatable bonds is 5. The fraction of sp³-hybridized carbons (Fsp3) is 0.471. The van der Waals surface area contributed by atoms with Crippen LogP contribution < -0.4 is 10.1 Å². The Kier molecular flexibility index (Phi) is 4.83. The fourth-order valence-corrected chi connectivity index (χ4v) is 2.88. The Balaban J connectivity index is 1.75. The van der Waals surface area contributed by atoms with Gasteiger partial charge in [0.1, 0.15) is 11.6 Å². The summed E-state index contributed by atoms with van der Waals surface area (Å²) in [4.78, 5) is 13.4. The fourth-order valence-electron chi connectivity index (χ4n) is 2.88. The maximum atomic E-state index is 5.33. The van der Waals surface area contributed by atoms with Crippen molar-refractivity contribution in [1.29, 1.82) is 0 Å². The Hall–Kier alpha value is -2.17. The highest BCUT2D eigenvalue weighted by molar-refractivity contribution is 5.39. The van der Waals surface area contributed by atoms with Crippen molar-refractivity contribution < 1.29 is 4.74 Å². The van der Waals surface area contributed by atoms with Crippen LogP contribution in [0.25, 0.3) is 0 Å². The zero-order valence-corrected chi connectivity index (χ0v) is 13.0. The summed E-state index contributed by atoms with van der Waals surface area (Å²) in [6.07, 6.45) is 9.84. The molecule has 1 fully saturated rings. The molecule has 22 heavy (non-hydrogen) atoms. The van der Waals surface area contributed by atoms with E-state index in [0.717, 1.165) is 17.2 Å². The summed E-state index contributed by atoms with van der Waals surface area (Å²) in [6.45, 7) is 0.693. The maximum absolute atomic E-state index is 5.33.